The number of amides is 1. The zero-order chi connectivity index (χ0) is 22.8. The summed E-state index contributed by atoms with van der Waals surface area (Å²) in [7, 11) is 0. The summed E-state index contributed by atoms with van der Waals surface area (Å²) in [6.07, 6.45) is 4.90. The fraction of sp³-hybridized carbons (Fsp3) is 0.304. The summed E-state index contributed by atoms with van der Waals surface area (Å²) >= 11 is 2.99. The van der Waals surface area contributed by atoms with Gasteiger partial charge in [-0.3, -0.25) is 4.79 Å². The molecule has 0 spiro atoms. The first-order chi connectivity index (χ1) is 16.1. The van der Waals surface area contributed by atoms with Crippen LogP contribution in [0.15, 0.2) is 53.1 Å². The fourth-order valence-corrected chi connectivity index (χ4v) is 5.42. The maximum Gasteiger partial charge on any atom is 0.326 e. The van der Waals surface area contributed by atoms with Gasteiger partial charge in [0.2, 0.25) is 5.91 Å². The van der Waals surface area contributed by atoms with E-state index in [0.29, 0.717) is 11.2 Å². The maximum atomic E-state index is 12.6. The number of H-pyrrole nitrogens is 1. The van der Waals surface area contributed by atoms with Gasteiger partial charge in [-0.05, 0) is 35.9 Å². The molecule has 3 N–H and O–H groups in total. The Bertz CT molecular complexity index is 1280. The minimum absolute atomic E-state index is 0.0848. The Morgan fingerprint density at radius 2 is 2.09 bits per heavy atom. The van der Waals surface area contributed by atoms with Gasteiger partial charge in [0, 0.05) is 40.9 Å². The third kappa shape index (κ3) is 4.96. The number of carbonyl (C=O) groups is 2. The third-order valence-corrected chi connectivity index (χ3v) is 7.44. The summed E-state index contributed by atoms with van der Waals surface area (Å²) < 4.78 is 2.14. The van der Waals surface area contributed by atoms with Crippen LogP contribution in [0.25, 0.3) is 10.9 Å². The van der Waals surface area contributed by atoms with Gasteiger partial charge in [-0.1, -0.05) is 36.0 Å². The fourth-order valence-electron chi connectivity index (χ4n) is 3.88. The van der Waals surface area contributed by atoms with Crippen molar-refractivity contribution in [3.63, 3.8) is 0 Å². The number of aromatic nitrogens is 4. The predicted octanol–water partition coefficient (Wildman–Crippen LogP) is 3.65. The van der Waals surface area contributed by atoms with Crippen LogP contribution in [-0.4, -0.2) is 48.5 Å². The second kappa shape index (κ2) is 9.40. The lowest BCUT2D eigenvalue weighted by Crippen LogP contribution is -2.43. The number of thiophene rings is 1. The van der Waals surface area contributed by atoms with Crippen LogP contribution in [0.2, 0.25) is 0 Å². The highest BCUT2D eigenvalue weighted by Crippen LogP contribution is 2.39. The Morgan fingerprint density at radius 3 is 2.85 bits per heavy atom. The monoisotopic (exact) mass is 481 g/mol. The van der Waals surface area contributed by atoms with Gasteiger partial charge in [0.25, 0.3) is 0 Å². The number of nitrogens with zero attached hydrogens (tertiary/aromatic N) is 3. The van der Waals surface area contributed by atoms with E-state index in [2.05, 4.69) is 31.1 Å². The van der Waals surface area contributed by atoms with Crippen molar-refractivity contribution in [3.05, 3.63) is 64.2 Å². The number of hydrogen-bond acceptors (Lipinski definition) is 6. The van der Waals surface area contributed by atoms with Crippen LogP contribution in [0.5, 0.6) is 0 Å². The van der Waals surface area contributed by atoms with Crippen molar-refractivity contribution in [3.8, 4) is 0 Å². The highest BCUT2D eigenvalue weighted by atomic mass is 32.2. The SMILES string of the molecule is O=C(CSc1nnc(Cc2cccs2)n1C1CC1)N[C@H](Cc1c[nH]c2ccccc12)C(=O)O. The molecule has 1 amide bonds. The Hall–Kier alpha value is -3.11. The van der Waals surface area contributed by atoms with Crippen molar-refractivity contribution >= 4 is 45.9 Å². The molecule has 1 aliphatic carbocycles. The van der Waals surface area contributed by atoms with Crippen LogP contribution in [-0.2, 0) is 22.4 Å². The number of aliphatic carboxylic acids is 1. The van der Waals surface area contributed by atoms with E-state index in [-0.39, 0.29) is 18.1 Å². The summed E-state index contributed by atoms with van der Waals surface area (Å²) in [5.74, 6) is -0.400. The van der Waals surface area contributed by atoms with Gasteiger partial charge in [-0.2, -0.15) is 0 Å². The quantitative estimate of drug-likeness (QED) is 0.298. The van der Waals surface area contributed by atoms with Crippen molar-refractivity contribution in [2.75, 3.05) is 5.75 Å². The molecule has 33 heavy (non-hydrogen) atoms. The van der Waals surface area contributed by atoms with Crippen molar-refractivity contribution in [2.24, 2.45) is 0 Å². The molecular weight excluding hydrogens is 458 g/mol. The smallest absolute Gasteiger partial charge is 0.326 e. The van der Waals surface area contributed by atoms with E-state index in [1.165, 1.54) is 16.6 Å². The normalized spacial score (nSPS) is 14.4. The minimum Gasteiger partial charge on any atom is -0.480 e. The van der Waals surface area contributed by atoms with Crippen LogP contribution in [0.1, 0.15) is 35.1 Å². The molecule has 0 radical (unpaired) electrons. The Balaban J connectivity index is 1.23. The molecule has 8 nitrogen and oxygen atoms in total. The highest BCUT2D eigenvalue weighted by Gasteiger charge is 2.30. The second-order valence-corrected chi connectivity index (χ2v) is 10.0. The molecule has 0 saturated heterocycles. The zero-order valence-electron chi connectivity index (χ0n) is 17.7. The maximum absolute atomic E-state index is 12.6. The van der Waals surface area contributed by atoms with Gasteiger partial charge in [-0.15, -0.1) is 21.5 Å². The first-order valence-electron chi connectivity index (χ1n) is 10.7. The number of carboxylic acid groups (broad SMARTS) is 1. The number of nitrogens with one attached hydrogen (secondary N) is 2. The molecule has 4 aromatic rings. The molecule has 3 aromatic heterocycles. The number of fused-ring (bicyclic) bond motifs is 1. The minimum atomic E-state index is -1.06. The number of para-hydroxylation sites is 1. The van der Waals surface area contributed by atoms with Crippen LogP contribution < -0.4 is 5.32 Å². The van der Waals surface area contributed by atoms with E-state index in [1.807, 2.05) is 35.7 Å². The molecule has 1 aromatic carbocycles. The van der Waals surface area contributed by atoms with E-state index in [4.69, 9.17) is 0 Å². The first-order valence-corrected chi connectivity index (χ1v) is 12.6. The predicted molar refractivity (Wildman–Crippen MR) is 128 cm³/mol. The number of carboxylic acids is 1. The molecule has 10 heteroatoms. The van der Waals surface area contributed by atoms with E-state index in [1.54, 1.807) is 17.5 Å². The Morgan fingerprint density at radius 1 is 1.24 bits per heavy atom. The van der Waals surface area contributed by atoms with Crippen molar-refractivity contribution < 1.29 is 14.7 Å². The molecule has 0 aliphatic heterocycles. The van der Waals surface area contributed by atoms with E-state index < -0.39 is 12.0 Å². The second-order valence-electron chi connectivity index (χ2n) is 8.07. The lowest BCUT2D eigenvalue weighted by atomic mass is 10.1. The highest BCUT2D eigenvalue weighted by molar-refractivity contribution is 7.99. The number of hydrogen-bond donors (Lipinski definition) is 3. The van der Waals surface area contributed by atoms with Crippen LogP contribution in [0, 0.1) is 0 Å². The molecule has 1 aliphatic rings. The molecule has 1 fully saturated rings. The molecule has 3 heterocycles. The molecular formula is C23H23N5O3S2. The van der Waals surface area contributed by atoms with Gasteiger partial charge in [0.05, 0.1) is 5.75 Å². The number of rotatable bonds is 10. The van der Waals surface area contributed by atoms with Gasteiger partial charge in [0.1, 0.15) is 11.9 Å². The molecule has 0 bridgehead atoms. The largest absolute Gasteiger partial charge is 0.480 e. The Kier molecular flexibility index (Phi) is 6.19. The molecule has 170 valence electrons. The Labute approximate surface area is 198 Å². The van der Waals surface area contributed by atoms with Gasteiger partial charge in [-0.25, -0.2) is 4.79 Å². The van der Waals surface area contributed by atoms with E-state index in [9.17, 15) is 14.7 Å². The van der Waals surface area contributed by atoms with Crippen LogP contribution >= 0.6 is 23.1 Å². The van der Waals surface area contributed by atoms with Gasteiger partial charge < -0.3 is 20.0 Å². The summed E-state index contributed by atoms with van der Waals surface area (Å²) in [6, 6.07) is 11.2. The summed E-state index contributed by atoms with van der Waals surface area (Å²) in [5, 5.41) is 24.7. The van der Waals surface area contributed by atoms with Crippen LogP contribution in [0.3, 0.4) is 0 Å². The lowest BCUT2D eigenvalue weighted by molar-refractivity contribution is -0.141. The average molecular weight is 482 g/mol. The van der Waals surface area contributed by atoms with Crippen molar-refractivity contribution in [1.29, 1.82) is 0 Å². The van der Waals surface area contributed by atoms with Crippen molar-refractivity contribution in [2.45, 2.75) is 42.9 Å². The van der Waals surface area contributed by atoms with Crippen molar-refractivity contribution in [1.82, 2.24) is 25.1 Å². The molecule has 5 rings (SSSR count). The molecule has 0 unspecified atom stereocenters. The third-order valence-electron chi connectivity index (χ3n) is 5.62. The number of aromatic amines is 1. The summed E-state index contributed by atoms with van der Waals surface area (Å²) in [6.45, 7) is 0. The molecule has 1 atom stereocenters. The lowest BCUT2D eigenvalue weighted by Gasteiger charge is -2.14. The van der Waals surface area contributed by atoms with Gasteiger partial charge in [0.15, 0.2) is 5.16 Å². The number of benzene rings is 1. The topological polar surface area (TPSA) is 113 Å². The average Bonchev–Trinajstić information content (AvgIpc) is 3.19. The standard InChI is InChI=1S/C23H23N5O3S2/c29-21(25-19(22(30)31)10-14-12-24-18-6-2-1-5-17(14)18)13-33-23-27-26-20(28(23)15-7-8-15)11-16-4-3-9-32-16/h1-6,9,12,15,19,24H,7-8,10-11,13H2,(H,25,29)(H,30,31)/t19-/m1/s1. The van der Waals surface area contributed by atoms with E-state index in [0.717, 1.165) is 41.6 Å². The summed E-state index contributed by atoms with van der Waals surface area (Å²) in [5.41, 5.74) is 1.80. The molecule has 1 saturated carbocycles. The number of carbonyl (C=O) groups excluding carboxylic acids is 1. The van der Waals surface area contributed by atoms with Gasteiger partial charge >= 0.3 is 5.97 Å². The zero-order valence-corrected chi connectivity index (χ0v) is 19.4. The van der Waals surface area contributed by atoms with E-state index >= 15 is 0 Å². The van der Waals surface area contributed by atoms with Crippen LogP contribution in [0.4, 0.5) is 0 Å². The number of thioether (sulfide) groups is 1. The summed E-state index contributed by atoms with van der Waals surface area (Å²) in [4.78, 5) is 28.8. The first kappa shape index (κ1) is 21.7.